The van der Waals surface area contributed by atoms with Crippen molar-refractivity contribution >= 4 is 29.8 Å². The van der Waals surface area contributed by atoms with Crippen molar-refractivity contribution in [2.24, 2.45) is 0 Å². The summed E-state index contributed by atoms with van der Waals surface area (Å²) in [5.74, 6) is -5.03. The molecule has 11 heteroatoms. The van der Waals surface area contributed by atoms with Crippen LogP contribution in [-0.4, -0.2) is 65.7 Å². The van der Waals surface area contributed by atoms with Gasteiger partial charge in [0.15, 0.2) is 18.3 Å². The number of carboxylic acids is 1. The fourth-order valence-corrected chi connectivity index (χ4v) is 2.23. The van der Waals surface area contributed by atoms with Crippen LogP contribution in [0.15, 0.2) is 0 Å². The van der Waals surface area contributed by atoms with Gasteiger partial charge in [-0.3, -0.25) is 19.2 Å². The quantitative estimate of drug-likeness (QED) is 0.481. The molecule has 0 spiro atoms. The molecule has 5 atom stereocenters. The number of hydrogen-bond donors (Lipinski definition) is 1. The lowest BCUT2D eigenvalue weighted by atomic mass is 9.98. The second kappa shape index (κ2) is 8.42. The van der Waals surface area contributed by atoms with Crippen LogP contribution in [0.2, 0.25) is 0 Å². The Morgan fingerprint density at radius 1 is 0.680 bits per heavy atom. The predicted octanol–water partition coefficient (Wildman–Crippen LogP) is -0.846. The molecule has 1 rings (SSSR count). The molecule has 25 heavy (non-hydrogen) atoms. The first-order valence-electron chi connectivity index (χ1n) is 7.10. The van der Waals surface area contributed by atoms with Crippen LogP contribution in [-0.2, 0) is 47.7 Å². The van der Waals surface area contributed by atoms with Gasteiger partial charge in [0.1, 0.15) is 0 Å². The van der Waals surface area contributed by atoms with Crippen molar-refractivity contribution < 1.29 is 52.8 Å². The van der Waals surface area contributed by atoms with Gasteiger partial charge in [-0.15, -0.1) is 0 Å². The van der Waals surface area contributed by atoms with E-state index < -0.39 is 60.6 Å². The highest BCUT2D eigenvalue weighted by Crippen LogP contribution is 2.29. The summed E-state index contributed by atoms with van der Waals surface area (Å²) in [6.07, 6.45) is -8.24. The number of hydrogen-bond acceptors (Lipinski definition) is 10. The van der Waals surface area contributed by atoms with E-state index in [2.05, 4.69) is 0 Å². The molecule has 1 aliphatic heterocycles. The van der Waals surface area contributed by atoms with Gasteiger partial charge in [-0.05, 0) is 0 Å². The Morgan fingerprint density at radius 3 is 1.48 bits per heavy atom. The minimum atomic E-state index is -1.83. The highest BCUT2D eigenvalue weighted by molar-refractivity contribution is 5.75. The largest absolute Gasteiger partial charge is 0.479 e. The number of aliphatic carboxylic acids is 1. The van der Waals surface area contributed by atoms with E-state index in [-0.39, 0.29) is 0 Å². The molecule has 0 aromatic rings. The maximum Gasteiger partial charge on any atom is 0.337 e. The van der Waals surface area contributed by atoms with E-state index in [4.69, 9.17) is 23.7 Å². The van der Waals surface area contributed by atoms with Gasteiger partial charge >= 0.3 is 29.8 Å². The summed E-state index contributed by atoms with van der Waals surface area (Å²) in [4.78, 5) is 56.7. The molecule has 2 unspecified atom stereocenters. The normalized spacial score (nSPS) is 28.4. The Bertz CT molecular complexity index is 569. The molecule has 1 heterocycles. The number of esters is 4. The molecule has 0 saturated carbocycles. The van der Waals surface area contributed by atoms with Gasteiger partial charge in [0, 0.05) is 27.7 Å². The molecular weight excluding hydrogens is 344 g/mol. The second-order valence-corrected chi connectivity index (χ2v) is 5.09. The summed E-state index contributed by atoms with van der Waals surface area (Å²) < 4.78 is 24.8. The van der Waals surface area contributed by atoms with E-state index in [0.717, 1.165) is 27.7 Å². The molecule has 1 aliphatic rings. The van der Waals surface area contributed by atoms with E-state index in [1.165, 1.54) is 0 Å². The van der Waals surface area contributed by atoms with Crippen molar-refractivity contribution in [3.8, 4) is 0 Å². The molecule has 140 valence electrons. The average Bonchev–Trinajstić information content (AvgIpc) is 2.42. The third kappa shape index (κ3) is 5.71. The summed E-state index contributed by atoms with van der Waals surface area (Å²) in [7, 11) is 0. The Labute approximate surface area is 142 Å². The molecule has 11 nitrogen and oxygen atoms in total. The van der Waals surface area contributed by atoms with Crippen LogP contribution < -0.4 is 0 Å². The van der Waals surface area contributed by atoms with E-state index in [1.807, 2.05) is 0 Å². The van der Waals surface area contributed by atoms with E-state index in [9.17, 15) is 29.1 Å². The van der Waals surface area contributed by atoms with Crippen molar-refractivity contribution in [3.63, 3.8) is 0 Å². The zero-order chi connectivity index (χ0) is 19.3. The summed E-state index contributed by atoms with van der Waals surface area (Å²) in [6.45, 7) is 4.06. The van der Waals surface area contributed by atoms with Crippen LogP contribution in [0.25, 0.3) is 0 Å². The Morgan fingerprint density at radius 2 is 1.08 bits per heavy atom. The van der Waals surface area contributed by atoms with E-state index in [0.29, 0.717) is 0 Å². The standard InChI is InChI=1S/C14H18O11/c1-5(15)21-9-10(22-6(2)16)12(23-7(3)17)14(24-8(4)18)25-11(9)13(19)20/h9-12,14H,1-4H3,(H,19,20)/t9-,10-,11?,12?,14-/m0/s1. The highest BCUT2D eigenvalue weighted by atomic mass is 16.7. The number of carboxylic acid groups (broad SMARTS) is 1. The molecule has 0 bridgehead atoms. The predicted molar refractivity (Wildman–Crippen MR) is 74.7 cm³/mol. The molecule has 0 aromatic carbocycles. The third-order valence-corrected chi connectivity index (χ3v) is 2.93. The molecule has 1 fully saturated rings. The fourth-order valence-electron chi connectivity index (χ4n) is 2.23. The highest BCUT2D eigenvalue weighted by Gasteiger charge is 2.55. The number of carbonyl (C=O) groups is 5. The number of rotatable bonds is 5. The van der Waals surface area contributed by atoms with Crippen LogP contribution in [0.5, 0.6) is 0 Å². The minimum absolute atomic E-state index is 0.849. The molecular formula is C14H18O11. The monoisotopic (exact) mass is 362 g/mol. The molecule has 0 aliphatic carbocycles. The number of ether oxygens (including phenoxy) is 5. The van der Waals surface area contributed by atoms with Crippen molar-refractivity contribution in [2.75, 3.05) is 0 Å². The smallest absolute Gasteiger partial charge is 0.337 e. The lowest BCUT2D eigenvalue weighted by molar-refractivity contribution is -0.293. The Kier molecular flexibility index (Phi) is 6.86. The van der Waals surface area contributed by atoms with Gasteiger partial charge in [-0.1, -0.05) is 0 Å². The van der Waals surface area contributed by atoms with Crippen LogP contribution in [0.4, 0.5) is 0 Å². The van der Waals surface area contributed by atoms with Gasteiger partial charge in [0.2, 0.25) is 12.4 Å². The van der Waals surface area contributed by atoms with Gasteiger partial charge in [-0.2, -0.15) is 0 Å². The zero-order valence-corrected chi connectivity index (χ0v) is 13.9. The second-order valence-electron chi connectivity index (χ2n) is 5.09. The molecule has 1 saturated heterocycles. The molecule has 0 aromatic heterocycles. The molecule has 0 amide bonds. The van der Waals surface area contributed by atoms with Gasteiger partial charge in [0.05, 0.1) is 0 Å². The zero-order valence-electron chi connectivity index (χ0n) is 13.9. The first kappa shape index (κ1) is 20.4. The topological polar surface area (TPSA) is 152 Å². The summed E-state index contributed by atoms with van der Waals surface area (Å²) in [6, 6.07) is 0. The summed E-state index contributed by atoms with van der Waals surface area (Å²) in [5, 5.41) is 9.29. The first-order valence-corrected chi connectivity index (χ1v) is 7.10. The van der Waals surface area contributed by atoms with Gasteiger partial charge in [0.25, 0.3) is 0 Å². The van der Waals surface area contributed by atoms with Crippen molar-refractivity contribution in [2.45, 2.75) is 58.4 Å². The lowest BCUT2D eigenvalue weighted by Crippen LogP contribution is -2.63. The maximum atomic E-state index is 11.4. The van der Waals surface area contributed by atoms with Crippen LogP contribution in [0.3, 0.4) is 0 Å². The molecule has 1 N–H and O–H groups in total. The van der Waals surface area contributed by atoms with Crippen molar-refractivity contribution in [3.05, 3.63) is 0 Å². The fraction of sp³-hybridized carbons (Fsp3) is 0.643. The SMILES string of the molecule is CC(=O)OC1[C@@H](OC(C)=O)OC(C(=O)O)[C@@H](OC(C)=O)[C@@H]1OC(C)=O. The summed E-state index contributed by atoms with van der Waals surface area (Å²) >= 11 is 0. The van der Waals surface area contributed by atoms with Crippen LogP contribution in [0, 0.1) is 0 Å². The average molecular weight is 362 g/mol. The van der Waals surface area contributed by atoms with Crippen molar-refractivity contribution in [1.29, 1.82) is 0 Å². The maximum absolute atomic E-state index is 11.4. The van der Waals surface area contributed by atoms with E-state index in [1.54, 1.807) is 0 Å². The Hall–Kier alpha value is -2.69. The molecule has 0 radical (unpaired) electrons. The van der Waals surface area contributed by atoms with Gasteiger partial charge < -0.3 is 28.8 Å². The number of carbonyl (C=O) groups excluding carboxylic acids is 4. The van der Waals surface area contributed by atoms with Gasteiger partial charge in [-0.25, -0.2) is 4.79 Å². The third-order valence-electron chi connectivity index (χ3n) is 2.93. The lowest BCUT2D eigenvalue weighted by Gasteiger charge is -2.42. The Balaban J connectivity index is 3.33. The first-order chi connectivity index (χ1) is 11.5. The van der Waals surface area contributed by atoms with Crippen molar-refractivity contribution in [1.82, 2.24) is 0 Å². The minimum Gasteiger partial charge on any atom is -0.479 e. The van der Waals surface area contributed by atoms with Crippen LogP contribution >= 0.6 is 0 Å². The summed E-state index contributed by atoms with van der Waals surface area (Å²) in [5.41, 5.74) is 0. The van der Waals surface area contributed by atoms with Crippen LogP contribution in [0.1, 0.15) is 27.7 Å². The van der Waals surface area contributed by atoms with E-state index >= 15 is 0 Å².